The van der Waals surface area contributed by atoms with Crippen molar-refractivity contribution in [3.63, 3.8) is 0 Å². The van der Waals surface area contributed by atoms with Crippen molar-refractivity contribution in [3.05, 3.63) is 101 Å². The van der Waals surface area contributed by atoms with Gasteiger partial charge in [0.25, 0.3) is 0 Å². The van der Waals surface area contributed by atoms with Crippen LogP contribution in [0.5, 0.6) is 11.5 Å². The molecule has 166 valence electrons. The molecule has 4 aromatic carbocycles. The van der Waals surface area contributed by atoms with E-state index < -0.39 is 11.7 Å². The van der Waals surface area contributed by atoms with Crippen LogP contribution < -0.4 is 10.5 Å². The van der Waals surface area contributed by atoms with E-state index in [-0.39, 0.29) is 11.4 Å². The third-order valence-electron chi connectivity index (χ3n) is 6.14. The van der Waals surface area contributed by atoms with Crippen LogP contribution in [0.2, 0.25) is 0 Å². The fraction of sp³-hybridized carbons (Fsp3) is 0.143. The van der Waals surface area contributed by atoms with Gasteiger partial charge in [-0.2, -0.15) is 13.2 Å². The van der Waals surface area contributed by atoms with E-state index in [0.29, 0.717) is 5.75 Å². The number of rotatable bonds is 3. The molecule has 5 heteroatoms. The summed E-state index contributed by atoms with van der Waals surface area (Å²) in [6.45, 7) is 3.71. The largest absolute Gasteiger partial charge is 0.456 e. The van der Waals surface area contributed by atoms with Crippen LogP contribution in [0.25, 0.3) is 22.3 Å². The molecule has 0 saturated carbocycles. The fourth-order valence-corrected chi connectivity index (χ4v) is 4.66. The molecule has 2 nitrogen and oxygen atoms in total. The van der Waals surface area contributed by atoms with Gasteiger partial charge in [0.1, 0.15) is 17.1 Å². The second kappa shape index (κ2) is 7.69. The summed E-state index contributed by atoms with van der Waals surface area (Å²) in [5.74, 6) is 0.164. The molecule has 1 aliphatic rings. The van der Waals surface area contributed by atoms with Gasteiger partial charge in [-0.3, -0.25) is 0 Å². The molecule has 0 fully saturated rings. The Kier molecular flexibility index (Phi) is 4.93. The highest BCUT2D eigenvalue weighted by Crippen LogP contribution is 2.44. The molecule has 0 amide bonds. The predicted octanol–water partition coefficient (Wildman–Crippen LogP) is 7.93. The molecule has 2 N–H and O–H groups in total. The molecule has 0 unspecified atom stereocenters. The Balaban J connectivity index is 1.55. The first-order chi connectivity index (χ1) is 15.7. The number of fused-ring (bicyclic) bond motifs is 3. The Labute approximate surface area is 190 Å². The maximum atomic E-state index is 13.5. The molecule has 5 rings (SSSR count). The summed E-state index contributed by atoms with van der Waals surface area (Å²) in [6, 6.07) is 22.2. The van der Waals surface area contributed by atoms with Gasteiger partial charge in [0.2, 0.25) is 0 Å². The smallest absolute Gasteiger partial charge is 0.420 e. The van der Waals surface area contributed by atoms with Gasteiger partial charge in [0.15, 0.2) is 0 Å². The number of nitrogens with two attached hydrogens (primary N) is 1. The van der Waals surface area contributed by atoms with Gasteiger partial charge in [-0.25, -0.2) is 0 Å². The van der Waals surface area contributed by atoms with Crippen molar-refractivity contribution >= 4 is 5.69 Å². The minimum absolute atomic E-state index is 0.0393. The van der Waals surface area contributed by atoms with Gasteiger partial charge in [0, 0.05) is 5.69 Å². The van der Waals surface area contributed by atoms with E-state index in [9.17, 15) is 13.2 Å². The lowest BCUT2D eigenvalue weighted by atomic mass is 9.93. The Morgan fingerprint density at radius 1 is 0.788 bits per heavy atom. The number of ether oxygens (including phenoxy) is 1. The Bertz CT molecular complexity index is 1370. The van der Waals surface area contributed by atoms with Crippen molar-refractivity contribution in [2.45, 2.75) is 26.4 Å². The van der Waals surface area contributed by atoms with E-state index in [2.05, 4.69) is 36.4 Å². The zero-order valence-electron chi connectivity index (χ0n) is 18.3. The number of anilines is 1. The highest BCUT2D eigenvalue weighted by molar-refractivity contribution is 5.85. The van der Waals surface area contributed by atoms with Gasteiger partial charge in [-0.15, -0.1) is 0 Å². The van der Waals surface area contributed by atoms with Crippen LogP contribution in [0.3, 0.4) is 0 Å². The summed E-state index contributed by atoms with van der Waals surface area (Å²) in [7, 11) is 0. The first-order valence-corrected chi connectivity index (χ1v) is 10.7. The maximum absolute atomic E-state index is 13.5. The fourth-order valence-electron chi connectivity index (χ4n) is 4.66. The third-order valence-corrected chi connectivity index (χ3v) is 6.14. The molecular formula is C28H22F3NO. The van der Waals surface area contributed by atoms with Crippen molar-refractivity contribution in [2.24, 2.45) is 0 Å². The van der Waals surface area contributed by atoms with E-state index in [1.54, 1.807) is 0 Å². The van der Waals surface area contributed by atoms with Crippen LogP contribution >= 0.6 is 0 Å². The van der Waals surface area contributed by atoms with Crippen molar-refractivity contribution in [2.75, 3.05) is 5.73 Å². The lowest BCUT2D eigenvalue weighted by Crippen LogP contribution is -2.08. The summed E-state index contributed by atoms with van der Waals surface area (Å²) < 4.78 is 46.4. The quantitative estimate of drug-likeness (QED) is 0.286. The lowest BCUT2D eigenvalue weighted by Gasteiger charge is -2.18. The molecule has 0 heterocycles. The van der Waals surface area contributed by atoms with Crippen molar-refractivity contribution < 1.29 is 17.9 Å². The standard InChI is InChI=1S/C28H22F3NO/c1-16-12-19(22-8-5-9-23-21-7-4-3-6-18(21)14-24(22)23)13-17(2)27(16)33-26-11-10-20(32)15-25(26)28(29,30)31/h3-13,15H,14,32H2,1-2H3. The summed E-state index contributed by atoms with van der Waals surface area (Å²) in [4.78, 5) is 0. The number of halogens is 3. The molecular weight excluding hydrogens is 423 g/mol. The van der Waals surface area contributed by atoms with Crippen LogP contribution in [-0.4, -0.2) is 0 Å². The monoisotopic (exact) mass is 445 g/mol. The number of hydrogen-bond donors (Lipinski definition) is 1. The number of alkyl halides is 3. The summed E-state index contributed by atoms with van der Waals surface area (Å²) >= 11 is 0. The number of benzene rings is 4. The summed E-state index contributed by atoms with van der Waals surface area (Å²) in [5.41, 5.74) is 13.5. The second-order valence-corrected chi connectivity index (χ2v) is 8.46. The van der Waals surface area contributed by atoms with Crippen LogP contribution in [-0.2, 0) is 12.6 Å². The van der Waals surface area contributed by atoms with Crippen LogP contribution in [0.4, 0.5) is 18.9 Å². The highest BCUT2D eigenvalue weighted by Gasteiger charge is 2.35. The molecule has 0 bridgehead atoms. The van der Waals surface area contributed by atoms with Crippen LogP contribution in [0, 0.1) is 13.8 Å². The molecule has 0 aromatic heterocycles. The predicted molar refractivity (Wildman–Crippen MR) is 126 cm³/mol. The number of nitrogen functional groups attached to an aromatic ring is 1. The molecule has 4 aromatic rings. The SMILES string of the molecule is Cc1cc(-c2cccc3c2Cc2ccccc2-3)cc(C)c1Oc1ccc(N)cc1C(F)(F)F. The maximum Gasteiger partial charge on any atom is 0.420 e. The average Bonchev–Trinajstić information content (AvgIpc) is 3.15. The third kappa shape index (κ3) is 3.74. The molecule has 0 radical (unpaired) electrons. The average molecular weight is 445 g/mol. The zero-order valence-corrected chi connectivity index (χ0v) is 18.3. The van der Waals surface area contributed by atoms with E-state index >= 15 is 0 Å². The summed E-state index contributed by atoms with van der Waals surface area (Å²) in [6.07, 6.45) is -3.70. The minimum Gasteiger partial charge on any atom is -0.456 e. The van der Waals surface area contributed by atoms with Crippen LogP contribution in [0.15, 0.2) is 72.8 Å². The van der Waals surface area contributed by atoms with Crippen molar-refractivity contribution in [1.82, 2.24) is 0 Å². The Morgan fingerprint density at radius 2 is 1.45 bits per heavy atom. The number of aryl methyl sites for hydroxylation is 2. The first-order valence-electron chi connectivity index (χ1n) is 10.7. The van der Waals surface area contributed by atoms with Gasteiger partial charge in [-0.1, -0.05) is 42.5 Å². The normalized spacial score (nSPS) is 12.4. The molecule has 0 spiro atoms. The van der Waals surface area contributed by atoms with Gasteiger partial charge in [0.05, 0.1) is 0 Å². The molecule has 0 saturated heterocycles. The van der Waals surface area contributed by atoms with Gasteiger partial charge >= 0.3 is 6.18 Å². The second-order valence-electron chi connectivity index (χ2n) is 8.46. The molecule has 33 heavy (non-hydrogen) atoms. The van der Waals surface area contributed by atoms with Gasteiger partial charge < -0.3 is 10.5 Å². The van der Waals surface area contributed by atoms with E-state index in [1.807, 2.05) is 32.0 Å². The summed E-state index contributed by atoms with van der Waals surface area (Å²) in [5, 5.41) is 0. The Morgan fingerprint density at radius 3 is 2.18 bits per heavy atom. The zero-order chi connectivity index (χ0) is 23.3. The van der Waals surface area contributed by atoms with E-state index in [4.69, 9.17) is 10.5 Å². The van der Waals surface area contributed by atoms with Gasteiger partial charge in [-0.05, 0) is 95.1 Å². The lowest BCUT2D eigenvalue weighted by molar-refractivity contribution is -0.138. The first kappa shape index (κ1) is 21.1. The van der Waals surface area contributed by atoms with Crippen molar-refractivity contribution in [3.8, 4) is 33.8 Å². The highest BCUT2D eigenvalue weighted by atomic mass is 19.4. The number of hydrogen-bond acceptors (Lipinski definition) is 2. The van der Waals surface area contributed by atoms with E-state index in [1.165, 1.54) is 34.4 Å². The van der Waals surface area contributed by atoms with E-state index in [0.717, 1.165) is 34.7 Å². The minimum atomic E-state index is -4.56. The topological polar surface area (TPSA) is 35.2 Å². The van der Waals surface area contributed by atoms with Crippen molar-refractivity contribution in [1.29, 1.82) is 0 Å². The molecule has 1 aliphatic carbocycles. The molecule has 0 aliphatic heterocycles. The van der Waals surface area contributed by atoms with Crippen LogP contribution in [0.1, 0.15) is 27.8 Å². The molecule has 0 atom stereocenters. The Hall–Kier alpha value is -3.73.